The second-order valence-electron chi connectivity index (χ2n) is 7.87. The summed E-state index contributed by atoms with van der Waals surface area (Å²) >= 11 is 1.89. The molecule has 0 saturated heterocycles. The van der Waals surface area contributed by atoms with Crippen LogP contribution in [0.5, 0.6) is 0 Å². The van der Waals surface area contributed by atoms with Crippen LogP contribution in [-0.2, 0) is 0 Å². The van der Waals surface area contributed by atoms with Crippen LogP contribution in [0.25, 0.3) is 30.9 Å². The number of aryl methyl sites for hydroxylation is 1. The molecule has 1 aromatic heterocycles. The Bertz CT molecular complexity index is 1550. The van der Waals surface area contributed by atoms with E-state index in [-0.39, 0.29) is 0 Å². The van der Waals surface area contributed by atoms with Gasteiger partial charge >= 0.3 is 0 Å². The van der Waals surface area contributed by atoms with Crippen molar-refractivity contribution in [3.63, 3.8) is 0 Å². The Morgan fingerprint density at radius 2 is 1.19 bits per heavy atom. The Kier molecular flexibility index (Phi) is 4.26. The summed E-state index contributed by atoms with van der Waals surface area (Å²) < 4.78 is 2.69. The first-order valence-electron chi connectivity index (χ1n) is 10.5. The molecule has 1 heterocycles. The average Bonchev–Trinajstić information content (AvgIpc) is 3.20. The van der Waals surface area contributed by atoms with Crippen molar-refractivity contribution in [2.24, 2.45) is 0 Å². The number of anilines is 3. The third-order valence-corrected chi connectivity index (χ3v) is 7.19. The highest BCUT2D eigenvalue weighted by atomic mass is 32.1. The highest BCUT2D eigenvalue weighted by Crippen LogP contribution is 2.46. The second kappa shape index (κ2) is 7.26. The summed E-state index contributed by atoms with van der Waals surface area (Å²) in [6.45, 7) is 2.19. The maximum Gasteiger partial charge on any atom is 0.0547 e. The van der Waals surface area contributed by atoms with Gasteiger partial charge in [-0.05, 0) is 42.8 Å². The third kappa shape index (κ3) is 2.91. The lowest BCUT2D eigenvalue weighted by atomic mass is 10.0. The van der Waals surface area contributed by atoms with Crippen LogP contribution in [0.1, 0.15) is 5.56 Å². The number of hydrogen-bond donors (Lipinski definition) is 0. The van der Waals surface area contributed by atoms with Crippen molar-refractivity contribution in [3.8, 4) is 0 Å². The van der Waals surface area contributed by atoms with Crippen molar-refractivity contribution in [2.75, 3.05) is 4.90 Å². The van der Waals surface area contributed by atoms with Crippen LogP contribution >= 0.6 is 11.3 Å². The van der Waals surface area contributed by atoms with Crippen LogP contribution in [-0.4, -0.2) is 0 Å². The van der Waals surface area contributed by atoms with Crippen LogP contribution in [0, 0.1) is 6.92 Å². The number of nitrogens with zero attached hydrogens (tertiary/aromatic N) is 1. The van der Waals surface area contributed by atoms with Crippen molar-refractivity contribution in [2.45, 2.75) is 6.92 Å². The molecule has 0 aliphatic carbocycles. The van der Waals surface area contributed by atoms with Gasteiger partial charge in [0.2, 0.25) is 0 Å². The van der Waals surface area contributed by atoms with E-state index in [2.05, 4.69) is 121 Å². The van der Waals surface area contributed by atoms with Crippen LogP contribution in [0.15, 0.2) is 109 Å². The fraction of sp³-hybridized carbons (Fsp3) is 0.0345. The van der Waals surface area contributed by atoms with Gasteiger partial charge < -0.3 is 4.90 Å². The minimum Gasteiger partial charge on any atom is -0.310 e. The molecule has 0 fully saturated rings. The molecule has 0 unspecified atom stereocenters. The van der Waals surface area contributed by atoms with Gasteiger partial charge in [0.1, 0.15) is 0 Å². The van der Waals surface area contributed by atoms with E-state index in [0.29, 0.717) is 0 Å². The fourth-order valence-electron chi connectivity index (χ4n) is 4.51. The van der Waals surface area contributed by atoms with Gasteiger partial charge in [-0.2, -0.15) is 0 Å². The van der Waals surface area contributed by atoms with E-state index in [1.54, 1.807) is 0 Å². The van der Waals surface area contributed by atoms with Gasteiger partial charge in [-0.25, -0.2) is 0 Å². The van der Waals surface area contributed by atoms with E-state index >= 15 is 0 Å². The van der Waals surface area contributed by atoms with Crippen molar-refractivity contribution < 1.29 is 0 Å². The quantitative estimate of drug-likeness (QED) is 0.279. The summed E-state index contributed by atoms with van der Waals surface area (Å²) in [5.74, 6) is 0. The molecule has 1 nitrogen and oxygen atoms in total. The maximum absolute atomic E-state index is 2.41. The van der Waals surface area contributed by atoms with E-state index in [0.717, 1.165) is 0 Å². The topological polar surface area (TPSA) is 3.24 Å². The molecule has 0 spiro atoms. The zero-order chi connectivity index (χ0) is 20.8. The average molecular weight is 416 g/mol. The highest BCUT2D eigenvalue weighted by molar-refractivity contribution is 7.26. The molecule has 2 heteroatoms. The Balaban J connectivity index is 1.76. The summed E-state index contributed by atoms with van der Waals surface area (Å²) in [5.41, 5.74) is 4.84. The van der Waals surface area contributed by atoms with E-state index in [9.17, 15) is 0 Å². The van der Waals surface area contributed by atoms with Gasteiger partial charge in [-0.1, -0.05) is 78.9 Å². The molecule has 0 atom stereocenters. The lowest BCUT2D eigenvalue weighted by Gasteiger charge is -2.28. The summed E-state index contributed by atoms with van der Waals surface area (Å²) in [6, 6.07) is 39.2. The molecular formula is C29H21NS. The van der Waals surface area contributed by atoms with Crippen LogP contribution < -0.4 is 4.90 Å². The molecule has 0 radical (unpaired) electrons. The van der Waals surface area contributed by atoms with E-state index in [4.69, 9.17) is 0 Å². The normalized spacial score (nSPS) is 11.4. The third-order valence-electron chi connectivity index (χ3n) is 5.97. The molecule has 0 saturated carbocycles. The van der Waals surface area contributed by atoms with Gasteiger partial charge in [0, 0.05) is 42.3 Å². The molecule has 0 aliphatic rings. The van der Waals surface area contributed by atoms with Crippen molar-refractivity contribution >= 4 is 59.3 Å². The molecule has 31 heavy (non-hydrogen) atoms. The van der Waals surface area contributed by atoms with E-state index in [1.165, 1.54) is 53.6 Å². The summed E-state index contributed by atoms with van der Waals surface area (Å²) in [6.07, 6.45) is 0. The number of rotatable bonds is 3. The van der Waals surface area contributed by atoms with Gasteiger partial charge in [0.25, 0.3) is 0 Å². The molecule has 6 aromatic rings. The lowest BCUT2D eigenvalue weighted by molar-refractivity contribution is 1.26. The van der Waals surface area contributed by atoms with Crippen molar-refractivity contribution in [1.82, 2.24) is 0 Å². The molecule has 0 N–H and O–H groups in total. The maximum atomic E-state index is 2.41. The standard InChI is InChI=1S/C29H21NS/c1-20-11-5-9-17-26(20)30(21-12-3-2-4-13-21)27-19-25-23-15-8-10-18-28(23)31-29(25)24-16-7-6-14-22(24)27/h2-19H,1H3. The van der Waals surface area contributed by atoms with Crippen molar-refractivity contribution in [3.05, 3.63) is 115 Å². The Labute approximate surface area is 185 Å². The molecule has 5 aromatic carbocycles. The summed E-state index contributed by atoms with van der Waals surface area (Å²) in [4.78, 5) is 2.41. The number of para-hydroxylation sites is 2. The van der Waals surface area contributed by atoms with E-state index < -0.39 is 0 Å². The molecular weight excluding hydrogens is 394 g/mol. The first-order valence-corrected chi connectivity index (χ1v) is 11.4. The van der Waals surface area contributed by atoms with Crippen LogP contribution in [0.3, 0.4) is 0 Å². The summed E-state index contributed by atoms with van der Waals surface area (Å²) in [5, 5.41) is 5.23. The molecule has 6 rings (SSSR count). The second-order valence-corrected chi connectivity index (χ2v) is 8.93. The minimum absolute atomic E-state index is 1.17. The zero-order valence-electron chi connectivity index (χ0n) is 17.2. The Hall–Kier alpha value is -3.62. The number of fused-ring (bicyclic) bond motifs is 5. The molecule has 0 bridgehead atoms. The predicted molar refractivity (Wildman–Crippen MR) is 136 cm³/mol. The highest BCUT2D eigenvalue weighted by Gasteiger charge is 2.19. The number of thiophene rings is 1. The Morgan fingerprint density at radius 3 is 2.00 bits per heavy atom. The molecule has 148 valence electrons. The number of benzene rings is 5. The summed E-state index contributed by atoms with van der Waals surface area (Å²) in [7, 11) is 0. The van der Waals surface area contributed by atoms with Gasteiger partial charge in [-0.15, -0.1) is 11.3 Å². The largest absolute Gasteiger partial charge is 0.310 e. The van der Waals surface area contributed by atoms with Crippen LogP contribution in [0.2, 0.25) is 0 Å². The SMILES string of the molecule is Cc1ccccc1N(c1ccccc1)c1cc2c3ccccc3sc2c2ccccc12. The molecule has 0 amide bonds. The van der Waals surface area contributed by atoms with E-state index in [1.807, 2.05) is 11.3 Å². The monoisotopic (exact) mass is 415 g/mol. The van der Waals surface area contributed by atoms with Gasteiger partial charge in [0.15, 0.2) is 0 Å². The van der Waals surface area contributed by atoms with Gasteiger partial charge in [-0.3, -0.25) is 0 Å². The minimum atomic E-state index is 1.17. The Morgan fingerprint density at radius 1 is 0.548 bits per heavy atom. The van der Waals surface area contributed by atoms with Crippen molar-refractivity contribution in [1.29, 1.82) is 0 Å². The first-order chi connectivity index (χ1) is 15.3. The smallest absolute Gasteiger partial charge is 0.0547 e. The van der Waals surface area contributed by atoms with Gasteiger partial charge in [0.05, 0.1) is 5.69 Å². The fourth-order valence-corrected chi connectivity index (χ4v) is 5.73. The van der Waals surface area contributed by atoms with Crippen LogP contribution in [0.4, 0.5) is 17.1 Å². The predicted octanol–water partition coefficient (Wildman–Crippen LogP) is 8.99. The zero-order valence-corrected chi connectivity index (χ0v) is 18.1. The number of hydrogen-bond acceptors (Lipinski definition) is 2. The first kappa shape index (κ1) is 18.2. The lowest BCUT2D eigenvalue weighted by Crippen LogP contribution is -2.11. The molecule has 0 aliphatic heterocycles.